The number of amides is 1. The van der Waals surface area contributed by atoms with Gasteiger partial charge in [0.15, 0.2) is 0 Å². The lowest BCUT2D eigenvalue weighted by atomic mass is 9.97. The molecule has 1 aromatic carbocycles. The summed E-state index contributed by atoms with van der Waals surface area (Å²) < 4.78 is 46.6. The molecular formula is C29H42FN4O7PS. The van der Waals surface area contributed by atoms with Gasteiger partial charge in [-0.05, 0) is 58.2 Å². The summed E-state index contributed by atoms with van der Waals surface area (Å²) in [7, 11) is -4.11. The van der Waals surface area contributed by atoms with Crippen LogP contribution in [0, 0.1) is 5.92 Å². The predicted octanol–water partition coefficient (Wildman–Crippen LogP) is 5.87. The molecular weight excluding hydrogens is 598 g/mol. The number of carbonyl (C=O) groups excluding carboxylic acids is 2. The number of benzene rings is 1. The van der Waals surface area contributed by atoms with E-state index >= 15 is 4.39 Å². The Hall–Kier alpha value is -2.73. The fraction of sp³-hybridized carbons (Fsp3) is 0.586. The van der Waals surface area contributed by atoms with Crippen LogP contribution in [0.4, 0.5) is 10.2 Å². The van der Waals surface area contributed by atoms with Crippen molar-refractivity contribution in [2.45, 2.75) is 95.7 Å². The predicted molar refractivity (Wildman–Crippen MR) is 165 cm³/mol. The molecule has 0 bridgehead atoms. The number of para-hydroxylation sites is 1. The Morgan fingerprint density at radius 1 is 1.14 bits per heavy atom. The number of carbonyl (C=O) groups is 2. The van der Waals surface area contributed by atoms with Crippen molar-refractivity contribution in [2.75, 3.05) is 11.9 Å². The first-order valence-electron chi connectivity index (χ1n) is 14.6. The molecule has 43 heavy (non-hydrogen) atoms. The van der Waals surface area contributed by atoms with Gasteiger partial charge >= 0.3 is 19.4 Å². The second-order valence-electron chi connectivity index (χ2n) is 10.7. The number of aromatic nitrogens is 2. The Kier molecular flexibility index (Phi) is 13.2. The molecule has 1 fully saturated rings. The zero-order valence-corrected chi connectivity index (χ0v) is 26.9. The average Bonchev–Trinajstić information content (AvgIpc) is 3.32. The summed E-state index contributed by atoms with van der Waals surface area (Å²) in [6.45, 7) is 8.71. The fourth-order valence-electron chi connectivity index (χ4n) is 4.58. The molecule has 2 N–H and O–H groups in total. The van der Waals surface area contributed by atoms with E-state index < -0.39 is 42.2 Å². The summed E-state index contributed by atoms with van der Waals surface area (Å²) in [5.41, 5.74) is -0.695. The van der Waals surface area contributed by atoms with Crippen LogP contribution in [0.3, 0.4) is 0 Å². The second kappa shape index (κ2) is 16.4. The Bertz CT molecular complexity index is 1310. The summed E-state index contributed by atoms with van der Waals surface area (Å²) in [5.74, 6) is -0.611. The first-order chi connectivity index (χ1) is 20.4. The van der Waals surface area contributed by atoms with Crippen LogP contribution in [-0.4, -0.2) is 51.6 Å². The minimum atomic E-state index is -4.11. The van der Waals surface area contributed by atoms with E-state index in [1.54, 1.807) is 44.2 Å². The fourth-order valence-corrected chi connectivity index (χ4v) is 7.62. The van der Waals surface area contributed by atoms with Crippen molar-refractivity contribution in [1.82, 2.24) is 14.6 Å². The van der Waals surface area contributed by atoms with Crippen LogP contribution in [-0.2, 0) is 23.4 Å². The number of ether oxygens (including phenoxy) is 1. The maximum absolute atomic E-state index is 15.2. The summed E-state index contributed by atoms with van der Waals surface area (Å²) in [6.07, 6.45) is 2.85. The summed E-state index contributed by atoms with van der Waals surface area (Å²) in [6, 6.07) is 8.79. The minimum absolute atomic E-state index is 0.0201. The molecule has 11 nitrogen and oxygen atoms in total. The van der Waals surface area contributed by atoms with Gasteiger partial charge in [0.2, 0.25) is 5.91 Å². The molecule has 5 atom stereocenters. The van der Waals surface area contributed by atoms with Gasteiger partial charge in [-0.1, -0.05) is 44.9 Å². The molecule has 0 radical (unpaired) electrons. The quantitative estimate of drug-likeness (QED) is 0.169. The van der Waals surface area contributed by atoms with Gasteiger partial charge < -0.3 is 14.6 Å². The number of hydrogen-bond acceptors (Lipinski definition) is 9. The topological polar surface area (TPSA) is 138 Å². The van der Waals surface area contributed by atoms with E-state index in [-0.39, 0.29) is 42.5 Å². The van der Waals surface area contributed by atoms with E-state index in [4.69, 9.17) is 13.8 Å². The molecule has 1 aromatic heterocycles. The van der Waals surface area contributed by atoms with E-state index in [2.05, 4.69) is 15.4 Å². The molecule has 0 saturated carbocycles. The smallest absolute Gasteiger partial charge is 0.459 e. The van der Waals surface area contributed by atoms with E-state index in [1.807, 2.05) is 13.8 Å². The van der Waals surface area contributed by atoms with Crippen LogP contribution in [0.15, 0.2) is 47.4 Å². The zero-order valence-electron chi connectivity index (χ0n) is 25.2. The first kappa shape index (κ1) is 34.8. The summed E-state index contributed by atoms with van der Waals surface area (Å²) >= 11 is 1.14. The molecule has 0 spiro atoms. The lowest BCUT2D eigenvalue weighted by Crippen LogP contribution is -2.36. The number of nitrogens with zero attached hydrogens (tertiary/aromatic N) is 2. The molecule has 0 aliphatic carbocycles. The lowest BCUT2D eigenvalue weighted by Gasteiger charge is -2.24. The van der Waals surface area contributed by atoms with Crippen LogP contribution >= 0.6 is 19.5 Å². The van der Waals surface area contributed by atoms with Crippen LogP contribution in [0.5, 0.6) is 5.75 Å². The normalized spacial score (nSPS) is 20.5. The number of halogens is 1. The highest BCUT2D eigenvalue weighted by Crippen LogP contribution is 2.48. The molecule has 3 rings (SSSR count). The second-order valence-corrected chi connectivity index (χ2v) is 13.8. The van der Waals surface area contributed by atoms with Crippen molar-refractivity contribution in [3.8, 4) is 5.75 Å². The van der Waals surface area contributed by atoms with Crippen LogP contribution < -0.4 is 20.6 Å². The minimum Gasteiger partial charge on any atom is -0.462 e. The number of anilines is 1. The molecule has 1 amide bonds. The number of thioether (sulfide) groups is 1. The average molecular weight is 641 g/mol. The highest BCUT2D eigenvalue weighted by atomic mass is 32.2. The van der Waals surface area contributed by atoms with E-state index in [0.29, 0.717) is 0 Å². The Labute approximate surface area is 256 Å². The van der Waals surface area contributed by atoms with Crippen molar-refractivity contribution in [3.63, 3.8) is 0 Å². The maximum atomic E-state index is 15.2. The van der Waals surface area contributed by atoms with Crippen LogP contribution in [0.25, 0.3) is 0 Å². The highest BCUT2D eigenvalue weighted by Gasteiger charge is 2.40. The number of alkyl halides is 1. The van der Waals surface area contributed by atoms with Crippen molar-refractivity contribution < 1.29 is 32.3 Å². The van der Waals surface area contributed by atoms with Crippen molar-refractivity contribution in [1.29, 1.82) is 0 Å². The molecule has 2 unspecified atom stereocenters. The van der Waals surface area contributed by atoms with Crippen LogP contribution in [0.1, 0.15) is 72.1 Å². The van der Waals surface area contributed by atoms with Crippen molar-refractivity contribution in [2.24, 2.45) is 5.92 Å². The standard InChI is InChI=1S/C29H42FN4O7PS/c1-6-11-21(12-7-2)26(35)31-25-15-16-34(29(37)32-25)27-24(30)17-23(43-27)18-39-42(38,41-22-13-9-8-10-14-22)33-20(5)28(36)40-19(3)4/h8-10,13-16,19-21,23-24,27H,6-7,11-12,17-18H2,1-5H3,(H,33,38)(H,31,32,35,37)/t20-,23?,24-,27+,42?/m0/s1. The Morgan fingerprint density at radius 2 is 1.81 bits per heavy atom. The van der Waals surface area contributed by atoms with Gasteiger partial charge in [0.1, 0.15) is 29.2 Å². The zero-order chi connectivity index (χ0) is 31.6. The van der Waals surface area contributed by atoms with Gasteiger partial charge in [-0.15, -0.1) is 11.8 Å². The molecule has 1 saturated heterocycles. The number of hydrogen-bond donors (Lipinski definition) is 2. The van der Waals surface area contributed by atoms with E-state index in [0.717, 1.165) is 37.4 Å². The van der Waals surface area contributed by atoms with E-state index in [1.165, 1.54) is 23.8 Å². The first-order valence-corrected chi connectivity index (χ1v) is 17.1. The molecule has 1 aliphatic heterocycles. The number of nitrogens with one attached hydrogen (secondary N) is 2. The number of esters is 1. The van der Waals surface area contributed by atoms with Gasteiger partial charge in [-0.25, -0.2) is 13.8 Å². The number of rotatable bonds is 16. The van der Waals surface area contributed by atoms with Gasteiger partial charge in [0, 0.05) is 17.4 Å². The maximum Gasteiger partial charge on any atom is 0.459 e. The van der Waals surface area contributed by atoms with E-state index in [9.17, 15) is 18.9 Å². The third-order valence-electron chi connectivity index (χ3n) is 6.59. The molecule has 238 valence electrons. The molecule has 14 heteroatoms. The molecule has 2 aromatic rings. The lowest BCUT2D eigenvalue weighted by molar-refractivity contribution is -0.149. The molecule has 1 aliphatic rings. The third kappa shape index (κ3) is 10.4. The largest absolute Gasteiger partial charge is 0.462 e. The van der Waals surface area contributed by atoms with Crippen molar-refractivity contribution >= 4 is 37.2 Å². The van der Waals surface area contributed by atoms with Gasteiger partial charge in [-0.3, -0.25) is 18.7 Å². The summed E-state index contributed by atoms with van der Waals surface area (Å²) in [4.78, 5) is 41.8. The monoisotopic (exact) mass is 640 g/mol. The Morgan fingerprint density at radius 3 is 2.42 bits per heavy atom. The van der Waals surface area contributed by atoms with Gasteiger partial charge in [0.25, 0.3) is 0 Å². The molecule has 2 heterocycles. The third-order valence-corrected chi connectivity index (χ3v) is 9.74. The Balaban J connectivity index is 1.67. The summed E-state index contributed by atoms with van der Waals surface area (Å²) in [5, 5.41) is 3.95. The highest BCUT2D eigenvalue weighted by molar-refractivity contribution is 8.00. The van der Waals surface area contributed by atoms with Gasteiger partial charge in [0.05, 0.1) is 12.7 Å². The SMILES string of the molecule is CCCC(CCC)C(=O)Nc1ccn([C@@H]2SC(COP(=O)(N[C@@H](C)C(=O)OC(C)C)Oc3ccccc3)C[C@@H]2F)c(=O)n1. The van der Waals surface area contributed by atoms with Crippen molar-refractivity contribution in [3.05, 3.63) is 53.1 Å². The van der Waals surface area contributed by atoms with Gasteiger partial charge in [-0.2, -0.15) is 10.1 Å². The van der Waals surface area contributed by atoms with Crippen LogP contribution in [0.2, 0.25) is 0 Å².